The zero-order chi connectivity index (χ0) is 9.84. The van der Waals surface area contributed by atoms with Crippen LogP contribution in [0, 0.1) is 0 Å². The highest BCUT2D eigenvalue weighted by atomic mass is 79.9. The predicted octanol–water partition coefficient (Wildman–Crippen LogP) is 2.18. The van der Waals surface area contributed by atoms with Crippen LogP contribution in [0.2, 0.25) is 0 Å². The van der Waals surface area contributed by atoms with E-state index in [0.717, 1.165) is 5.56 Å². The first-order valence-electron chi connectivity index (χ1n) is 4.01. The van der Waals surface area contributed by atoms with E-state index < -0.39 is 5.97 Å². The van der Waals surface area contributed by atoms with Gasteiger partial charge in [0, 0.05) is 5.56 Å². The van der Waals surface area contributed by atoms with E-state index in [4.69, 9.17) is 9.26 Å². The molecule has 0 atom stereocenters. The van der Waals surface area contributed by atoms with Crippen molar-refractivity contribution >= 4 is 21.9 Å². The third-order valence-corrected chi connectivity index (χ3v) is 2.18. The van der Waals surface area contributed by atoms with Crippen molar-refractivity contribution in [2.45, 2.75) is 20.3 Å². The molecule has 0 aromatic carbocycles. The van der Waals surface area contributed by atoms with Crippen molar-refractivity contribution in [2.24, 2.45) is 0 Å². The number of carbonyl (C=O) groups excluding carboxylic acids is 1. The molecule has 4 nitrogen and oxygen atoms in total. The summed E-state index contributed by atoms with van der Waals surface area (Å²) in [4.78, 5) is 11.3. The van der Waals surface area contributed by atoms with Gasteiger partial charge < -0.3 is 9.26 Å². The molecule has 0 aliphatic rings. The first-order valence-corrected chi connectivity index (χ1v) is 4.81. The summed E-state index contributed by atoms with van der Waals surface area (Å²) >= 11 is 3.18. The Hall–Kier alpha value is -0.840. The Bertz CT molecular complexity index is 308. The van der Waals surface area contributed by atoms with Crippen LogP contribution in [0.5, 0.6) is 0 Å². The molecule has 0 bridgehead atoms. The van der Waals surface area contributed by atoms with E-state index in [0.29, 0.717) is 17.6 Å². The molecule has 0 amide bonds. The van der Waals surface area contributed by atoms with Crippen molar-refractivity contribution in [1.82, 2.24) is 5.16 Å². The maximum atomic E-state index is 11.3. The van der Waals surface area contributed by atoms with Gasteiger partial charge in [0.05, 0.1) is 6.61 Å². The standard InChI is InChI=1S/C8H10BrNO3/c1-3-5-6(8(11)12-4-2)13-10-7(5)9/h3-4H2,1-2H3. The second-order valence-corrected chi connectivity index (χ2v) is 3.11. The lowest BCUT2D eigenvalue weighted by Crippen LogP contribution is -2.05. The van der Waals surface area contributed by atoms with Gasteiger partial charge in [0.25, 0.3) is 0 Å². The van der Waals surface area contributed by atoms with E-state index >= 15 is 0 Å². The average molecular weight is 248 g/mol. The largest absolute Gasteiger partial charge is 0.460 e. The van der Waals surface area contributed by atoms with Gasteiger partial charge >= 0.3 is 5.97 Å². The molecule has 0 aliphatic carbocycles. The average Bonchev–Trinajstić information content (AvgIpc) is 2.47. The fourth-order valence-electron chi connectivity index (χ4n) is 0.953. The number of aromatic nitrogens is 1. The molecule has 5 heteroatoms. The van der Waals surface area contributed by atoms with Crippen LogP contribution in [-0.2, 0) is 11.2 Å². The van der Waals surface area contributed by atoms with Gasteiger partial charge in [0.15, 0.2) is 4.60 Å². The van der Waals surface area contributed by atoms with E-state index in [1.54, 1.807) is 6.92 Å². The zero-order valence-electron chi connectivity index (χ0n) is 7.46. The van der Waals surface area contributed by atoms with Crippen molar-refractivity contribution in [2.75, 3.05) is 6.61 Å². The van der Waals surface area contributed by atoms with Crippen LogP contribution in [0.15, 0.2) is 9.13 Å². The summed E-state index contributed by atoms with van der Waals surface area (Å²) in [5.41, 5.74) is 0.749. The highest BCUT2D eigenvalue weighted by molar-refractivity contribution is 9.10. The second-order valence-electron chi connectivity index (χ2n) is 2.36. The normalized spacial score (nSPS) is 10.1. The minimum absolute atomic E-state index is 0.191. The molecule has 1 heterocycles. The minimum Gasteiger partial charge on any atom is -0.460 e. The van der Waals surface area contributed by atoms with E-state index in [1.807, 2.05) is 6.92 Å². The monoisotopic (exact) mass is 247 g/mol. The Morgan fingerprint density at radius 2 is 2.31 bits per heavy atom. The smallest absolute Gasteiger partial charge is 0.377 e. The van der Waals surface area contributed by atoms with Crippen LogP contribution in [-0.4, -0.2) is 17.7 Å². The molecule has 1 aromatic heterocycles. The first-order chi connectivity index (χ1) is 6.20. The molecule has 72 valence electrons. The van der Waals surface area contributed by atoms with Crippen molar-refractivity contribution in [1.29, 1.82) is 0 Å². The zero-order valence-corrected chi connectivity index (χ0v) is 9.05. The van der Waals surface area contributed by atoms with Crippen LogP contribution < -0.4 is 0 Å². The Morgan fingerprint density at radius 1 is 1.62 bits per heavy atom. The molecule has 0 N–H and O–H groups in total. The van der Waals surface area contributed by atoms with Gasteiger partial charge in [-0.2, -0.15) is 0 Å². The lowest BCUT2D eigenvalue weighted by atomic mass is 10.2. The Balaban J connectivity index is 2.93. The lowest BCUT2D eigenvalue weighted by Gasteiger charge is -1.98. The third kappa shape index (κ3) is 2.09. The number of hydrogen-bond donors (Lipinski definition) is 0. The number of ether oxygens (including phenoxy) is 1. The van der Waals surface area contributed by atoms with Crippen LogP contribution in [0.25, 0.3) is 0 Å². The summed E-state index contributed by atoms with van der Waals surface area (Å²) in [6.45, 7) is 4.00. The number of carbonyl (C=O) groups is 1. The summed E-state index contributed by atoms with van der Waals surface area (Å²) in [5, 5.41) is 3.63. The third-order valence-electron chi connectivity index (χ3n) is 1.55. The maximum Gasteiger partial charge on any atom is 0.377 e. The molecular weight excluding hydrogens is 238 g/mol. The molecule has 0 unspecified atom stereocenters. The van der Waals surface area contributed by atoms with E-state index in [1.165, 1.54) is 0 Å². The Kier molecular flexibility index (Phi) is 3.48. The van der Waals surface area contributed by atoms with Crippen LogP contribution in [0.3, 0.4) is 0 Å². The van der Waals surface area contributed by atoms with E-state index in [-0.39, 0.29) is 5.76 Å². The molecule has 0 aliphatic heterocycles. The SMILES string of the molecule is CCOC(=O)c1onc(Br)c1CC. The van der Waals surface area contributed by atoms with E-state index in [2.05, 4.69) is 21.1 Å². The molecule has 1 rings (SSSR count). The van der Waals surface area contributed by atoms with Gasteiger partial charge in [-0.3, -0.25) is 0 Å². The first kappa shape index (κ1) is 10.2. The summed E-state index contributed by atoms with van der Waals surface area (Å²) < 4.78 is 10.2. The number of nitrogens with zero attached hydrogens (tertiary/aromatic N) is 1. The fraction of sp³-hybridized carbons (Fsp3) is 0.500. The van der Waals surface area contributed by atoms with Crippen molar-refractivity contribution in [3.05, 3.63) is 15.9 Å². The maximum absolute atomic E-state index is 11.3. The Morgan fingerprint density at radius 3 is 2.85 bits per heavy atom. The summed E-state index contributed by atoms with van der Waals surface area (Å²) in [6.07, 6.45) is 0.679. The molecule has 0 spiro atoms. The quantitative estimate of drug-likeness (QED) is 0.769. The second kappa shape index (κ2) is 4.41. The van der Waals surface area contributed by atoms with Crippen molar-refractivity contribution in [3.8, 4) is 0 Å². The summed E-state index contributed by atoms with van der Waals surface area (Å²) in [5.74, 6) is -0.270. The van der Waals surface area contributed by atoms with E-state index in [9.17, 15) is 4.79 Å². The fourth-order valence-corrected chi connectivity index (χ4v) is 1.49. The molecule has 0 saturated carbocycles. The van der Waals surface area contributed by atoms with Gasteiger partial charge in [-0.25, -0.2) is 4.79 Å². The van der Waals surface area contributed by atoms with Gasteiger partial charge in [0.2, 0.25) is 5.76 Å². The Labute approximate surface area is 84.4 Å². The molecule has 0 radical (unpaired) electrons. The van der Waals surface area contributed by atoms with Crippen LogP contribution in [0.4, 0.5) is 0 Å². The molecule has 13 heavy (non-hydrogen) atoms. The lowest BCUT2D eigenvalue weighted by molar-refractivity contribution is 0.0478. The topological polar surface area (TPSA) is 52.3 Å². The molecular formula is C8H10BrNO3. The number of halogens is 1. The van der Waals surface area contributed by atoms with Gasteiger partial charge in [-0.1, -0.05) is 12.1 Å². The van der Waals surface area contributed by atoms with Crippen LogP contribution >= 0.6 is 15.9 Å². The highest BCUT2D eigenvalue weighted by Crippen LogP contribution is 2.20. The number of esters is 1. The van der Waals surface area contributed by atoms with Gasteiger partial charge in [-0.15, -0.1) is 0 Å². The van der Waals surface area contributed by atoms with Gasteiger partial charge in [0.1, 0.15) is 0 Å². The molecule has 1 aromatic rings. The molecule has 0 fully saturated rings. The number of hydrogen-bond acceptors (Lipinski definition) is 4. The van der Waals surface area contributed by atoms with Crippen molar-refractivity contribution < 1.29 is 14.1 Å². The van der Waals surface area contributed by atoms with Gasteiger partial charge in [-0.05, 0) is 29.3 Å². The van der Waals surface area contributed by atoms with Crippen LogP contribution in [0.1, 0.15) is 30.0 Å². The summed E-state index contributed by atoms with van der Waals surface area (Å²) in [7, 11) is 0. The highest BCUT2D eigenvalue weighted by Gasteiger charge is 2.20. The predicted molar refractivity (Wildman–Crippen MR) is 49.5 cm³/mol. The molecule has 0 saturated heterocycles. The minimum atomic E-state index is -0.461. The van der Waals surface area contributed by atoms with Crippen molar-refractivity contribution in [3.63, 3.8) is 0 Å². The summed E-state index contributed by atoms with van der Waals surface area (Å²) in [6, 6.07) is 0. The number of rotatable bonds is 3.